The monoisotopic (exact) mass is 541 g/mol. The van der Waals surface area contributed by atoms with Crippen molar-refractivity contribution in [2.75, 3.05) is 23.9 Å². The maximum Gasteiger partial charge on any atom is 0.264 e. The van der Waals surface area contributed by atoms with E-state index in [1.807, 2.05) is 24.3 Å². The number of anilines is 1. The third-order valence-corrected chi connectivity index (χ3v) is 8.18. The highest BCUT2D eigenvalue weighted by Crippen LogP contribution is 2.26. The number of nitrogens with zero attached hydrogens (tertiary/aromatic N) is 2. The van der Waals surface area contributed by atoms with E-state index in [0.29, 0.717) is 12.2 Å². The number of rotatable bonds is 9. The number of carbonyl (C=O) groups is 1. The molecule has 3 aromatic rings. The van der Waals surface area contributed by atoms with Crippen molar-refractivity contribution >= 4 is 37.5 Å². The summed E-state index contributed by atoms with van der Waals surface area (Å²) in [6, 6.07) is 23.2. The summed E-state index contributed by atoms with van der Waals surface area (Å²) in [5.74, 6) is -0.365. The molecule has 0 bridgehead atoms. The SMILES string of the molecule is O=C(CN(c1cccc(Br)c1)S(=O)(=O)c1ccccc1)NCc1ccccc1CN1CCCC1. The Balaban J connectivity index is 1.51. The molecule has 0 aromatic heterocycles. The second kappa shape index (κ2) is 11.2. The number of carbonyl (C=O) groups excluding carboxylic acids is 1. The van der Waals surface area contributed by atoms with E-state index in [2.05, 4.69) is 32.2 Å². The second-order valence-corrected chi connectivity index (χ2v) is 11.1. The van der Waals surface area contributed by atoms with Gasteiger partial charge in [0, 0.05) is 17.6 Å². The molecule has 1 saturated heterocycles. The summed E-state index contributed by atoms with van der Waals surface area (Å²) in [4.78, 5) is 15.5. The van der Waals surface area contributed by atoms with Gasteiger partial charge in [-0.25, -0.2) is 8.42 Å². The topological polar surface area (TPSA) is 69.7 Å². The Morgan fingerprint density at radius 3 is 2.29 bits per heavy atom. The molecule has 0 radical (unpaired) electrons. The number of amides is 1. The van der Waals surface area contributed by atoms with Crippen LogP contribution in [0.5, 0.6) is 0 Å². The third-order valence-electron chi connectivity index (χ3n) is 5.90. The molecule has 0 atom stereocenters. The summed E-state index contributed by atoms with van der Waals surface area (Å²) in [6.07, 6.45) is 2.44. The van der Waals surface area contributed by atoms with Gasteiger partial charge in [0.2, 0.25) is 5.91 Å². The van der Waals surface area contributed by atoms with Crippen LogP contribution in [-0.2, 0) is 27.9 Å². The van der Waals surface area contributed by atoms with E-state index in [9.17, 15) is 13.2 Å². The minimum atomic E-state index is -3.93. The van der Waals surface area contributed by atoms with Crippen LogP contribution in [0.15, 0.2) is 88.2 Å². The summed E-state index contributed by atoms with van der Waals surface area (Å²) in [7, 11) is -3.93. The zero-order valence-corrected chi connectivity index (χ0v) is 21.3. The van der Waals surface area contributed by atoms with Gasteiger partial charge in [0.05, 0.1) is 10.6 Å². The van der Waals surface area contributed by atoms with Crippen molar-refractivity contribution in [1.82, 2.24) is 10.2 Å². The van der Waals surface area contributed by atoms with E-state index in [1.165, 1.54) is 30.5 Å². The van der Waals surface area contributed by atoms with Gasteiger partial charge in [-0.1, -0.05) is 64.5 Å². The van der Waals surface area contributed by atoms with Gasteiger partial charge in [-0.15, -0.1) is 0 Å². The van der Waals surface area contributed by atoms with Crippen LogP contribution in [0.2, 0.25) is 0 Å². The van der Waals surface area contributed by atoms with E-state index >= 15 is 0 Å². The first kappa shape index (κ1) is 24.4. The van der Waals surface area contributed by atoms with Crippen molar-refractivity contribution in [2.24, 2.45) is 0 Å². The Morgan fingerprint density at radius 1 is 0.912 bits per heavy atom. The van der Waals surface area contributed by atoms with Crippen LogP contribution in [0.25, 0.3) is 0 Å². The molecule has 178 valence electrons. The maximum atomic E-state index is 13.4. The molecular formula is C26H28BrN3O3S. The van der Waals surface area contributed by atoms with Crippen molar-refractivity contribution in [2.45, 2.75) is 30.8 Å². The Bertz CT molecular complexity index is 1230. The molecule has 34 heavy (non-hydrogen) atoms. The van der Waals surface area contributed by atoms with Crippen LogP contribution in [0.3, 0.4) is 0 Å². The van der Waals surface area contributed by atoms with Gasteiger partial charge in [-0.05, 0) is 67.4 Å². The number of hydrogen-bond acceptors (Lipinski definition) is 4. The molecule has 8 heteroatoms. The number of nitrogens with one attached hydrogen (secondary N) is 1. The lowest BCUT2D eigenvalue weighted by atomic mass is 10.1. The van der Waals surface area contributed by atoms with Crippen LogP contribution >= 0.6 is 15.9 Å². The van der Waals surface area contributed by atoms with Gasteiger partial charge in [0.25, 0.3) is 10.0 Å². The van der Waals surface area contributed by atoms with E-state index in [-0.39, 0.29) is 17.3 Å². The Morgan fingerprint density at radius 2 is 1.59 bits per heavy atom. The normalized spacial score (nSPS) is 14.1. The molecule has 0 spiro atoms. The highest BCUT2D eigenvalue weighted by Gasteiger charge is 2.27. The zero-order chi connectivity index (χ0) is 24.0. The standard InChI is InChI=1S/C26H28BrN3O3S/c27-23-11-8-12-24(17-23)30(34(32,33)25-13-2-1-3-14-25)20-26(31)28-18-21-9-4-5-10-22(21)19-29-15-6-7-16-29/h1-5,8-14,17H,6-7,15-16,18-20H2,(H,28,31). The molecule has 0 aliphatic carbocycles. The second-order valence-electron chi connectivity index (χ2n) is 8.33. The number of halogens is 1. The smallest absolute Gasteiger partial charge is 0.264 e. The lowest BCUT2D eigenvalue weighted by Crippen LogP contribution is -2.40. The van der Waals surface area contributed by atoms with Crippen LogP contribution in [0, 0.1) is 0 Å². The highest BCUT2D eigenvalue weighted by molar-refractivity contribution is 9.10. The number of likely N-dealkylation sites (tertiary alicyclic amines) is 1. The fraction of sp³-hybridized carbons (Fsp3) is 0.269. The van der Waals surface area contributed by atoms with Crippen molar-refractivity contribution in [3.05, 3.63) is 94.5 Å². The molecular weight excluding hydrogens is 514 g/mol. The van der Waals surface area contributed by atoms with E-state index < -0.39 is 10.0 Å². The van der Waals surface area contributed by atoms with Crippen LogP contribution in [0.4, 0.5) is 5.69 Å². The Hall–Kier alpha value is -2.68. The number of sulfonamides is 1. The maximum absolute atomic E-state index is 13.4. The molecule has 1 aliphatic heterocycles. The van der Waals surface area contributed by atoms with E-state index in [0.717, 1.165) is 34.0 Å². The first-order valence-electron chi connectivity index (χ1n) is 11.3. The zero-order valence-electron chi connectivity index (χ0n) is 18.9. The van der Waals surface area contributed by atoms with Crippen molar-refractivity contribution in [3.63, 3.8) is 0 Å². The van der Waals surface area contributed by atoms with Crippen molar-refractivity contribution in [1.29, 1.82) is 0 Å². The fourth-order valence-corrected chi connectivity index (χ4v) is 5.93. The molecule has 0 saturated carbocycles. The summed E-state index contributed by atoms with van der Waals surface area (Å²) in [6.45, 7) is 3.08. The minimum absolute atomic E-state index is 0.138. The third kappa shape index (κ3) is 6.05. The van der Waals surface area contributed by atoms with E-state index in [4.69, 9.17) is 0 Å². The summed E-state index contributed by atoms with van der Waals surface area (Å²) < 4.78 is 28.7. The van der Waals surface area contributed by atoms with Gasteiger partial charge in [-0.2, -0.15) is 0 Å². The molecule has 1 N–H and O–H groups in total. The molecule has 1 fully saturated rings. The minimum Gasteiger partial charge on any atom is -0.350 e. The van der Waals surface area contributed by atoms with Crippen molar-refractivity contribution < 1.29 is 13.2 Å². The lowest BCUT2D eigenvalue weighted by Gasteiger charge is -2.24. The largest absolute Gasteiger partial charge is 0.350 e. The van der Waals surface area contributed by atoms with Gasteiger partial charge in [0.15, 0.2) is 0 Å². The summed E-state index contributed by atoms with van der Waals surface area (Å²) >= 11 is 3.40. The Kier molecular flexibility index (Phi) is 8.03. The molecule has 4 rings (SSSR count). The van der Waals surface area contributed by atoms with Gasteiger partial charge < -0.3 is 5.32 Å². The molecule has 1 aliphatic rings. The average Bonchev–Trinajstić information content (AvgIpc) is 3.35. The van der Waals surface area contributed by atoms with E-state index in [1.54, 1.807) is 36.4 Å². The lowest BCUT2D eigenvalue weighted by molar-refractivity contribution is -0.119. The van der Waals surface area contributed by atoms with Gasteiger partial charge in [-0.3, -0.25) is 14.0 Å². The van der Waals surface area contributed by atoms with Gasteiger partial charge >= 0.3 is 0 Å². The number of hydrogen-bond donors (Lipinski definition) is 1. The molecule has 0 unspecified atom stereocenters. The fourth-order valence-electron chi connectivity index (χ4n) is 4.11. The van der Waals surface area contributed by atoms with Crippen LogP contribution < -0.4 is 9.62 Å². The number of benzene rings is 3. The summed E-state index contributed by atoms with van der Waals surface area (Å²) in [5, 5.41) is 2.93. The van der Waals surface area contributed by atoms with Crippen LogP contribution in [0.1, 0.15) is 24.0 Å². The summed E-state index contributed by atoms with van der Waals surface area (Å²) in [5.41, 5.74) is 2.65. The van der Waals surface area contributed by atoms with Crippen LogP contribution in [-0.4, -0.2) is 38.9 Å². The van der Waals surface area contributed by atoms with Crippen molar-refractivity contribution in [3.8, 4) is 0 Å². The highest BCUT2D eigenvalue weighted by atomic mass is 79.9. The molecule has 3 aromatic carbocycles. The first-order chi connectivity index (χ1) is 16.4. The molecule has 1 amide bonds. The molecule has 6 nitrogen and oxygen atoms in total. The predicted molar refractivity (Wildman–Crippen MR) is 138 cm³/mol. The quantitative estimate of drug-likeness (QED) is 0.431. The predicted octanol–water partition coefficient (Wildman–Crippen LogP) is 4.56. The van der Waals surface area contributed by atoms with Gasteiger partial charge in [0.1, 0.15) is 6.54 Å². The Labute approximate surface area is 209 Å². The molecule has 1 heterocycles. The first-order valence-corrected chi connectivity index (χ1v) is 13.6. The average molecular weight is 542 g/mol.